The monoisotopic (exact) mass is 193 g/mol. The van der Waals surface area contributed by atoms with Gasteiger partial charge in [0, 0.05) is 0 Å². The van der Waals surface area contributed by atoms with Gasteiger partial charge in [-0.3, -0.25) is 0 Å². The van der Waals surface area contributed by atoms with E-state index in [9.17, 15) is 4.79 Å². The molecule has 14 heavy (non-hydrogen) atoms. The molecule has 74 valence electrons. The molecule has 0 saturated heterocycles. The summed E-state index contributed by atoms with van der Waals surface area (Å²) in [5.74, 6) is 1.66. The molecule has 0 aliphatic heterocycles. The number of hydrogen-bond acceptors (Lipinski definition) is 3. The fraction of sp³-hybridized carbons (Fsp3) is 0.222. The van der Waals surface area contributed by atoms with Crippen LogP contribution < -0.4 is 0 Å². The predicted octanol–water partition coefficient (Wildman–Crippen LogP) is 1.43. The zero-order valence-corrected chi connectivity index (χ0v) is 8.14. The molecule has 2 N–H and O–H groups in total. The van der Waals surface area contributed by atoms with Gasteiger partial charge in [-0.1, -0.05) is 13.8 Å². The van der Waals surface area contributed by atoms with Gasteiger partial charge in [-0.05, 0) is 0 Å². The molecule has 0 atom stereocenters. The Hall–Kier alpha value is -1.65. The zero-order valence-electron chi connectivity index (χ0n) is 8.14. The minimum atomic E-state index is -1.20. The third kappa shape index (κ3) is 4.40. The number of carbonyl (C=O) groups is 1. The first kappa shape index (κ1) is 12.4. The van der Waals surface area contributed by atoms with Crippen molar-refractivity contribution in [1.29, 1.82) is 0 Å². The molecule has 0 aliphatic rings. The van der Waals surface area contributed by atoms with E-state index in [1.807, 2.05) is 13.8 Å². The summed E-state index contributed by atoms with van der Waals surface area (Å²) in [4.78, 5) is 13.9. The average Bonchev–Trinajstić information content (AvgIpc) is 2.21. The van der Waals surface area contributed by atoms with Crippen LogP contribution in [-0.2, 0) is 4.79 Å². The maximum atomic E-state index is 10.1. The van der Waals surface area contributed by atoms with Crippen LogP contribution >= 0.6 is 0 Å². The van der Waals surface area contributed by atoms with E-state index in [2.05, 4.69) is 4.98 Å². The third-order valence-corrected chi connectivity index (χ3v) is 1.19. The number of hydrogen-bond donors (Lipinski definition) is 2. The number of carboxylic acid groups (broad SMARTS) is 1. The normalized spacial score (nSPS) is 9.71. The van der Waals surface area contributed by atoms with Crippen LogP contribution in [0.2, 0.25) is 0 Å². The zero-order chi connectivity index (χ0) is 11.0. The Morgan fingerprint density at radius 2 is 2.14 bits per heavy atom. The van der Waals surface area contributed by atoms with E-state index < -0.39 is 5.97 Å². The number of aliphatic hydroxyl groups is 1. The fourth-order valence-electron chi connectivity index (χ4n) is 0.705. The maximum absolute atomic E-state index is 10.1. The molecule has 0 amide bonds. The summed E-state index contributed by atoms with van der Waals surface area (Å²) >= 11 is 0. The molecule has 0 radical (unpaired) electrons. The van der Waals surface area contributed by atoms with Crippen molar-refractivity contribution in [3.05, 3.63) is 29.9 Å². The first-order valence-corrected chi connectivity index (χ1v) is 4.25. The van der Waals surface area contributed by atoms with Crippen molar-refractivity contribution in [2.75, 3.05) is 0 Å². The molecule has 0 aromatic carbocycles. The Kier molecular flexibility index (Phi) is 6.02. The van der Waals surface area contributed by atoms with E-state index in [1.54, 1.807) is 12.9 Å². The van der Waals surface area contributed by atoms with Crippen molar-refractivity contribution < 1.29 is 15.0 Å². The van der Waals surface area contributed by atoms with Crippen LogP contribution in [0.3, 0.4) is 0 Å². The molecule has 1 heterocycles. The Labute approximate surface area is 83.1 Å². The summed E-state index contributed by atoms with van der Waals surface area (Å²) in [6, 6.07) is 0. The first-order valence-electron chi connectivity index (χ1n) is 4.25. The molecule has 0 bridgehead atoms. The van der Waals surface area contributed by atoms with Gasteiger partial charge in [0.2, 0.25) is 0 Å². The van der Waals surface area contributed by atoms with E-state index in [4.69, 9.17) is 10.2 Å². The molecule has 5 heteroatoms. The number of rotatable bonds is 2. The first-order chi connectivity index (χ1) is 6.70. The average molecular weight is 193 g/mol. The quantitative estimate of drug-likeness (QED) is 0.550. The number of aliphatic carboxylic acids is 1. The van der Waals surface area contributed by atoms with E-state index in [0.29, 0.717) is 6.08 Å². The van der Waals surface area contributed by atoms with Crippen molar-refractivity contribution in [2.24, 2.45) is 0 Å². The van der Waals surface area contributed by atoms with E-state index in [1.165, 1.54) is 12.2 Å². The van der Waals surface area contributed by atoms with Crippen LogP contribution in [0.15, 0.2) is 24.2 Å². The van der Waals surface area contributed by atoms with Crippen LogP contribution in [0.1, 0.15) is 19.5 Å². The molecule has 0 saturated carbocycles. The second kappa shape index (κ2) is 6.83. The SMILES string of the molecule is CC.O=C(O)C=C(O)c1cbccn1. The van der Waals surface area contributed by atoms with Crippen molar-refractivity contribution >= 4 is 18.6 Å². The van der Waals surface area contributed by atoms with Crippen molar-refractivity contribution in [2.45, 2.75) is 13.8 Å². The van der Waals surface area contributed by atoms with Gasteiger partial charge in [-0.2, -0.15) is 0 Å². The van der Waals surface area contributed by atoms with E-state index in [-0.39, 0.29) is 11.5 Å². The standard InChI is InChI=1S/C7H6BNO3.C2H6/c10-6(3-7(11)12)5-4-8-1-2-9-5;1-2/h1-4,10H,(H,11,12);1-2H3. The number of carboxylic acids is 1. The van der Waals surface area contributed by atoms with Gasteiger partial charge in [0.1, 0.15) is 0 Å². The fourth-order valence-corrected chi connectivity index (χ4v) is 0.705. The van der Waals surface area contributed by atoms with Crippen molar-refractivity contribution in [3.8, 4) is 0 Å². The van der Waals surface area contributed by atoms with E-state index in [0.717, 1.165) is 0 Å². The molecule has 0 spiro atoms. The molecular weight excluding hydrogens is 181 g/mol. The molecule has 1 aromatic heterocycles. The molecule has 0 fully saturated rings. The summed E-state index contributed by atoms with van der Waals surface area (Å²) in [6.45, 7) is 5.66. The van der Waals surface area contributed by atoms with Gasteiger partial charge in [0.15, 0.2) is 0 Å². The van der Waals surface area contributed by atoms with Crippen molar-refractivity contribution in [3.63, 3.8) is 0 Å². The molecule has 0 unspecified atom stereocenters. The van der Waals surface area contributed by atoms with Gasteiger partial charge in [-0.15, -0.1) is 0 Å². The molecule has 1 rings (SSSR count). The molecule has 1 aromatic rings. The Morgan fingerprint density at radius 3 is 2.57 bits per heavy atom. The topological polar surface area (TPSA) is 70.4 Å². The Balaban J connectivity index is 0.000000791. The second-order valence-electron chi connectivity index (χ2n) is 2.08. The number of aliphatic hydroxyl groups excluding tert-OH is 1. The molecule has 0 aliphatic carbocycles. The van der Waals surface area contributed by atoms with Crippen LogP contribution in [0, 0.1) is 0 Å². The van der Waals surface area contributed by atoms with Crippen LogP contribution in [0.25, 0.3) is 5.76 Å². The van der Waals surface area contributed by atoms with Crippen LogP contribution in [-0.4, -0.2) is 28.1 Å². The summed E-state index contributed by atoms with van der Waals surface area (Å²) in [7, 11) is 0. The number of nitrogens with zero attached hydrogens (tertiary/aromatic N) is 1. The van der Waals surface area contributed by atoms with Crippen molar-refractivity contribution in [1.82, 2.24) is 4.98 Å². The van der Waals surface area contributed by atoms with Gasteiger partial charge >= 0.3 is 68.5 Å². The summed E-state index contributed by atoms with van der Waals surface area (Å²) in [5.41, 5.74) is 0.250. The Bertz CT molecular complexity index is 311. The molecular formula is C9H12BNO3. The molecule has 4 nitrogen and oxygen atoms in total. The van der Waals surface area contributed by atoms with E-state index >= 15 is 0 Å². The predicted molar refractivity (Wildman–Crippen MR) is 55.2 cm³/mol. The van der Waals surface area contributed by atoms with Crippen LogP contribution in [0.4, 0.5) is 0 Å². The van der Waals surface area contributed by atoms with Gasteiger partial charge in [0.05, 0.1) is 0 Å². The second-order valence-corrected chi connectivity index (χ2v) is 2.08. The van der Waals surface area contributed by atoms with Gasteiger partial charge in [-0.25, -0.2) is 0 Å². The minimum absolute atomic E-state index is 0.250. The summed E-state index contributed by atoms with van der Waals surface area (Å²) in [5, 5.41) is 17.4. The van der Waals surface area contributed by atoms with Gasteiger partial charge in [0.25, 0.3) is 0 Å². The van der Waals surface area contributed by atoms with Crippen LogP contribution in [0.5, 0.6) is 0 Å². The van der Waals surface area contributed by atoms with Gasteiger partial charge < -0.3 is 0 Å². The summed E-state index contributed by atoms with van der Waals surface area (Å²) in [6.07, 6.45) is 2.17. The number of aromatic nitrogens is 1. The third-order valence-electron chi connectivity index (χ3n) is 1.19. The summed E-state index contributed by atoms with van der Waals surface area (Å²) < 4.78 is 0. The Morgan fingerprint density at radius 1 is 1.50 bits per heavy atom.